The number of aryl methyl sites for hydroxylation is 2. The second-order valence-electron chi connectivity index (χ2n) is 21.9. The van der Waals surface area contributed by atoms with Gasteiger partial charge in [0.1, 0.15) is 18.1 Å². The van der Waals surface area contributed by atoms with Crippen LogP contribution in [0.5, 0.6) is 11.5 Å². The van der Waals surface area contributed by atoms with Crippen LogP contribution < -0.4 is 19.3 Å². The molecule has 2 atom stereocenters. The fourth-order valence-electron chi connectivity index (χ4n) is 11.2. The van der Waals surface area contributed by atoms with Crippen molar-refractivity contribution in [3.8, 4) is 11.5 Å². The number of hydrogen-bond acceptors (Lipinski definition) is 11. The summed E-state index contributed by atoms with van der Waals surface area (Å²) in [6.07, 6.45) is 15.7. The van der Waals surface area contributed by atoms with Crippen molar-refractivity contribution in [2.24, 2.45) is 0 Å². The summed E-state index contributed by atoms with van der Waals surface area (Å²) in [5.74, 6) is 0.503. The van der Waals surface area contributed by atoms with Crippen LogP contribution in [0.2, 0.25) is 0 Å². The number of aliphatic hydroxyl groups excluding tert-OH is 1. The monoisotopic (exact) mass is 1020 g/mol. The lowest BCUT2D eigenvalue weighted by Crippen LogP contribution is -2.57. The van der Waals surface area contributed by atoms with Crippen LogP contribution in [0.1, 0.15) is 176 Å². The third kappa shape index (κ3) is 13.5. The van der Waals surface area contributed by atoms with Gasteiger partial charge in [-0.05, 0) is 155 Å². The van der Waals surface area contributed by atoms with E-state index in [0.29, 0.717) is 73.4 Å². The Morgan fingerprint density at radius 2 is 1.05 bits per heavy atom. The average molecular weight is 1020 g/mol. The summed E-state index contributed by atoms with van der Waals surface area (Å²) in [5.41, 5.74) is 1.31. The van der Waals surface area contributed by atoms with Gasteiger partial charge in [0.05, 0.1) is 18.0 Å². The molecule has 5 amide bonds. The van der Waals surface area contributed by atoms with E-state index >= 15 is 0 Å². The molecule has 2 aliphatic carbocycles. The summed E-state index contributed by atoms with van der Waals surface area (Å²) in [7, 11) is 3.32. The second-order valence-corrected chi connectivity index (χ2v) is 21.9. The van der Waals surface area contributed by atoms with Gasteiger partial charge in [0, 0.05) is 88.9 Å². The summed E-state index contributed by atoms with van der Waals surface area (Å²) >= 11 is 0. The summed E-state index contributed by atoms with van der Waals surface area (Å²) in [6.45, 7) is 18.3. The van der Waals surface area contributed by atoms with Crippen molar-refractivity contribution in [2.75, 3.05) is 76.6 Å². The molecular formula is C57H87N5O11. The van der Waals surface area contributed by atoms with Gasteiger partial charge in [-0.1, -0.05) is 38.5 Å². The van der Waals surface area contributed by atoms with E-state index in [1.54, 1.807) is 42.8 Å². The van der Waals surface area contributed by atoms with Gasteiger partial charge in [0.2, 0.25) is 11.2 Å². The first-order valence-corrected chi connectivity index (χ1v) is 27.4. The van der Waals surface area contributed by atoms with E-state index in [-0.39, 0.29) is 54.4 Å². The molecule has 73 heavy (non-hydrogen) atoms. The molecular weight excluding hydrogens is 931 g/mol. The number of rotatable bonds is 19. The zero-order chi connectivity index (χ0) is 53.0. The standard InChI is InChI=1S/C31H47N3O6.C26H40N2O5/c1-22(2)34(24-13-7-6-8-14-24)28(35)25-20-26-27(19-23(25)3)40-31(4,21-39-30(37)32-15-9-10-16-32)29(36)33(26)17-11-12-18-38-5;1-18(2)28(20-11-7-6-8-12-20)24(30)21-16-22-23(15-19(21)3)33-26(4,17-29)25(31)27(22)13-9-10-14-32-5/h19-20,22,24H,6-18,21H2,1-5H3;15-16,18,20,29H,6-14,17H2,1-5H3. The highest BCUT2D eigenvalue weighted by Crippen LogP contribution is 2.43. The van der Waals surface area contributed by atoms with Gasteiger partial charge in [-0.3, -0.25) is 19.2 Å². The van der Waals surface area contributed by atoms with Crippen molar-refractivity contribution in [1.29, 1.82) is 0 Å². The van der Waals surface area contributed by atoms with Gasteiger partial charge in [-0.25, -0.2) is 4.79 Å². The van der Waals surface area contributed by atoms with E-state index in [0.717, 1.165) is 101 Å². The van der Waals surface area contributed by atoms with E-state index in [4.69, 9.17) is 23.7 Å². The van der Waals surface area contributed by atoms with Crippen molar-refractivity contribution < 1.29 is 52.8 Å². The van der Waals surface area contributed by atoms with Crippen LogP contribution >= 0.6 is 0 Å². The summed E-state index contributed by atoms with van der Waals surface area (Å²) < 4.78 is 28.2. The summed E-state index contributed by atoms with van der Waals surface area (Å²) in [6, 6.07) is 7.99. The molecule has 2 aromatic rings. The summed E-state index contributed by atoms with van der Waals surface area (Å²) in [4.78, 5) is 76.7. The molecule has 1 saturated heterocycles. The zero-order valence-corrected chi connectivity index (χ0v) is 45.9. The number of unbranched alkanes of at least 4 members (excludes halogenated alkanes) is 2. The molecule has 3 fully saturated rings. The Morgan fingerprint density at radius 3 is 1.45 bits per heavy atom. The number of aliphatic hydroxyl groups is 1. The van der Waals surface area contributed by atoms with E-state index in [2.05, 4.69) is 27.7 Å². The number of anilines is 2. The smallest absolute Gasteiger partial charge is 0.409 e. The van der Waals surface area contributed by atoms with Crippen LogP contribution in [-0.2, 0) is 23.8 Å². The third-order valence-corrected chi connectivity index (χ3v) is 15.3. The Hall–Kier alpha value is -4.93. The number of benzene rings is 2. The highest BCUT2D eigenvalue weighted by Gasteiger charge is 2.48. The van der Waals surface area contributed by atoms with Crippen LogP contribution in [0.15, 0.2) is 24.3 Å². The Labute approximate surface area is 435 Å². The van der Waals surface area contributed by atoms with Crippen molar-refractivity contribution >= 4 is 41.1 Å². The maximum absolute atomic E-state index is 14.0. The molecule has 0 bridgehead atoms. The predicted octanol–water partition coefficient (Wildman–Crippen LogP) is 9.40. The molecule has 7 rings (SSSR count). The van der Waals surface area contributed by atoms with Crippen LogP contribution in [0.4, 0.5) is 16.2 Å². The maximum Gasteiger partial charge on any atom is 0.409 e. The summed E-state index contributed by atoms with van der Waals surface area (Å²) in [5, 5.41) is 9.91. The number of ether oxygens (including phenoxy) is 5. The molecule has 1 N–H and O–H groups in total. The van der Waals surface area contributed by atoms with E-state index < -0.39 is 23.9 Å². The Balaban J connectivity index is 0.000000243. The predicted molar refractivity (Wildman–Crippen MR) is 283 cm³/mol. The van der Waals surface area contributed by atoms with Gasteiger partial charge in [0.25, 0.3) is 23.6 Å². The molecule has 16 nitrogen and oxygen atoms in total. The number of methoxy groups -OCH3 is 2. The first-order chi connectivity index (χ1) is 34.9. The van der Waals surface area contributed by atoms with Crippen LogP contribution in [0.3, 0.4) is 0 Å². The van der Waals surface area contributed by atoms with E-state index in [1.807, 2.05) is 47.9 Å². The number of likely N-dealkylation sites (tertiary alicyclic amines) is 1. The minimum absolute atomic E-state index is 0.00172. The number of carbonyl (C=O) groups is 5. The quantitative estimate of drug-likeness (QED) is 0.133. The maximum atomic E-state index is 14.0. The van der Waals surface area contributed by atoms with Gasteiger partial charge >= 0.3 is 6.09 Å². The van der Waals surface area contributed by atoms with Crippen molar-refractivity contribution in [1.82, 2.24) is 14.7 Å². The van der Waals surface area contributed by atoms with Crippen LogP contribution in [0, 0.1) is 13.8 Å². The fraction of sp³-hybridized carbons (Fsp3) is 0.702. The van der Waals surface area contributed by atoms with Crippen LogP contribution in [0.25, 0.3) is 0 Å². The lowest BCUT2D eigenvalue weighted by Gasteiger charge is -2.41. The molecule has 2 unspecified atom stereocenters. The Bertz CT molecular complexity index is 2220. The minimum atomic E-state index is -1.37. The first-order valence-electron chi connectivity index (χ1n) is 27.4. The average Bonchev–Trinajstić information content (AvgIpc) is 3.92. The number of amides is 5. The highest BCUT2D eigenvalue weighted by molar-refractivity contribution is 6.06. The molecule has 406 valence electrons. The molecule has 3 heterocycles. The lowest BCUT2D eigenvalue weighted by atomic mass is 9.92. The first kappa shape index (κ1) is 57.4. The largest absolute Gasteiger partial charge is 0.473 e. The van der Waals surface area contributed by atoms with Gasteiger partial charge in [-0.2, -0.15) is 0 Å². The molecule has 5 aliphatic rings. The van der Waals surface area contributed by atoms with Crippen molar-refractivity contribution in [3.05, 3.63) is 46.5 Å². The topological polar surface area (TPSA) is 168 Å². The van der Waals surface area contributed by atoms with Gasteiger partial charge < -0.3 is 53.3 Å². The van der Waals surface area contributed by atoms with E-state index in [1.165, 1.54) is 12.8 Å². The third-order valence-electron chi connectivity index (χ3n) is 15.3. The molecule has 0 radical (unpaired) electrons. The fourth-order valence-corrected chi connectivity index (χ4v) is 11.2. The highest BCUT2D eigenvalue weighted by atomic mass is 16.6. The van der Waals surface area contributed by atoms with Crippen molar-refractivity contribution in [2.45, 2.75) is 193 Å². The van der Waals surface area contributed by atoms with Gasteiger partial charge in [-0.15, -0.1) is 0 Å². The SMILES string of the molecule is COCCCCN1C(=O)C(C)(CO)Oc2cc(C)c(C(=O)N(C(C)C)C3CCCCC3)cc21.COCCCCN1C(=O)C(C)(COC(=O)N2CCCC2)Oc2cc(C)c(C(=O)N(C(C)C)C3CCCCC3)cc21. The molecule has 3 aliphatic heterocycles. The second kappa shape index (κ2) is 26.0. The lowest BCUT2D eigenvalue weighted by molar-refractivity contribution is -0.138. The minimum Gasteiger partial charge on any atom is -0.473 e. The normalized spacial score (nSPS) is 21.3. The molecule has 2 aromatic carbocycles. The van der Waals surface area contributed by atoms with E-state index in [9.17, 15) is 29.1 Å². The number of nitrogens with zero attached hydrogens (tertiary/aromatic N) is 5. The molecule has 2 saturated carbocycles. The van der Waals surface area contributed by atoms with Crippen LogP contribution in [-0.4, -0.2) is 152 Å². The number of hydrogen-bond donors (Lipinski definition) is 1. The molecule has 0 spiro atoms. The zero-order valence-electron chi connectivity index (χ0n) is 45.9. The van der Waals surface area contributed by atoms with Gasteiger partial charge in [0.15, 0.2) is 0 Å². The number of carbonyl (C=O) groups excluding carboxylic acids is 5. The molecule has 0 aromatic heterocycles. The van der Waals surface area contributed by atoms with Crippen molar-refractivity contribution in [3.63, 3.8) is 0 Å². The Kier molecular flexibility index (Phi) is 20.4. The Morgan fingerprint density at radius 1 is 0.644 bits per heavy atom. The number of fused-ring (bicyclic) bond motifs is 2. The molecule has 16 heteroatoms.